The third-order valence-corrected chi connectivity index (χ3v) is 4.14. The van der Waals surface area contributed by atoms with E-state index in [1.165, 1.54) is 24.1 Å². The fraction of sp³-hybridized carbons (Fsp3) is 0.643. The Hall–Kier alpha value is -1.13. The van der Waals surface area contributed by atoms with E-state index in [4.69, 9.17) is 4.74 Å². The van der Waals surface area contributed by atoms with Crippen LogP contribution in [0.25, 0.3) is 0 Å². The van der Waals surface area contributed by atoms with Crippen molar-refractivity contribution in [1.82, 2.24) is 10.3 Å². The molecule has 3 fully saturated rings. The zero-order valence-electron chi connectivity index (χ0n) is 10.5. The second-order valence-corrected chi connectivity index (χ2v) is 5.69. The molecule has 2 bridgehead atoms. The Morgan fingerprint density at radius 3 is 2.67 bits per heavy atom. The van der Waals surface area contributed by atoms with E-state index in [1.807, 2.05) is 12.4 Å². The summed E-state index contributed by atoms with van der Waals surface area (Å²) < 4.78 is 5.94. The topological polar surface area (TPSA) is 37.4 Å². The van der Waals surface area contributed by atoms with E-state index < -0.39 is 0 Å². The molecular weight excluding hydrogens is 226 g/mol. The lowest BCUT2D eigenvalue weighted by molar-refractivity contribution is -0.0484. The normalized spacial score (nSPS) is 31.4. The summed E-state index contributed by atoms with van der Waals surface area (Å²) in [4.78, 5) is 6.86. The fourth-order valence-corrected chi connectivity index (χ4v) is 3.02. The number of pyridine rings is 1. The molecule has 3 aliphatic rings. The predicted octanol–water partition coefficient (Wildman–Crippen LogP) is 1.14. The van der Waals surface area contributed by atoms with Gasteiger partial charge in [0.05, 0.1) is 24.1 Å². The third kappa shape index (κ3) is 1.99. The van der Waals surface area contributed by atoms with Crippen LogP contribution in [0.15, 0.2) is 18.5 Å². The standard InChI is InChI=1S/C14H19N3O/c1-2-10(1)11-3-12(5-15-4-11)17-8-13-6-16-7-14(9-17)18-13/h3-5,10,13-14,16H,1-2,6-9H2. The van der Waals surface area contributed by atoms with E-state index in [9.17, 15) is 0 Å². The van der Waals surface area contributed by atoms with Gasteiger partial charge >= 0.3 is 0 Å². The quantitative estimate of drug-likeness (QED) is 0.848. The summed E-state index contributed by atoms with van der Waals surface area (Å²) in [5.74, 6) is 0.777. The fourth-order valence-electron chi connectivity index (χ4n) is 3.02. The first-order valence-electron chi connectivity index (χ1n) is 6.94. The van der Waals surface area contributed by atoms with Gasteiger partial charge < -0.3 is 15.0 Å². The van der Waals surface area contributed by atoms with E-state index in [0.29, 0.717) is 12.2 Å². The Balaban J connectivity index is 1.56. The molecule has 18 heavy (non-hydrogen) atoms. The molecule has 4 rings (SSSR count). The first kappa shape index (κ1) is 10.8. The van der Waals surface area contributed by atoms with Crippen LogP contribution in [0.3, 0.4) is 0 Å². The molecule has 1 saturated carbocycles. The van der Waals surface area contributed by atoms with Crippen LogP contribution in [-0.2, 0) is 4.74 Å². The summed E-state index contributed by atoms with van der Waals surface area (Å²) in [6, 6.07) is 2.33. The van der Waals surface area contributed by atoms with Crippen LogP contribution < -0.4 is 10.2 Å². The number of morpholine rings is 2. The van der Waals surface area contributed by atoms with Gasteiger partial charge in [-0.3, -0.25) is 4.98 Å². The highest BCUT2D eigenvalue weighted by molar-refractivity contribution is 5.48. The summed E-state index contributed by atoms with van der Waals surface area (Å²) in [5, 5.41) is 3.43. The summed E-state index contributed by atoms with van der Waals surface area (Å²) in [5.41, 5.74) is 2.70. The first-order chi connectivity index (χ1) is 8.88. The molecule has 0 radical (unpaired) electrons. The van der Waals surface area contributed by atoms with Gasteiger partial charge in [0.15, 0.2) is 0 Å². The van der Waals surface area contributed by atoms with Gasteiger partial charge in [-0.25, -0.2) is 0 Å². The largest absolute Gasteiger partial charge is 0.369 e. The highest BCUT2D eigenvalue weighted by atomic mass is 16.5. The number of nitrogens with one attached hydrogen (secondary N) is 1. The van der Waals surface area contributed by atoms with Crippen molar-refractivity contribution in [3.63, 3.8) is 0 Å². The van der Waals surface area contributed by atoms with E-state index in [0.717, 1.165) is 32.1 Å². The van der Waals surface area contributed by atoms with Crippen molar-refractivity contribution >= 4 is 5.69 Å². The molecule has 0 spiro atoms. The second kappa shape index (κ2) is 4.21. The number of hydrogen-bond acceptors (Lipinski definition) is 4. The Morgan fingerprint density at radius 2 is 1.94 bits per heavy atom. The molecule has 3 heterocycles. The van der Waals surface area contributed by atoms with Gasteiger partial charge in [-0.05, 0) is 30.4 Å². The van der Waals surface area contributed by atoms with E-state index in [-0.39, 0.29) is 0 Å². The molecule has 2 unspecified atom stereocenters. The number of rotatable bonds is 2. The van der Waals surface area contributed by atoms with E-state index in [1.54, 1.807) is 0 Å². The maximum absolute atomic E-state index is 5.94. The number of aromatic nitrogens is 1. The average Bonchev–Trinajstić information content (AvgIpc) is 3.23. The SMILES string of the molecule is c1ncc(N2CC3CNCC(C2)O3)cc1C1CC1. The van der Waals surface area contributed by atoms with Crippen LogP contribution in [0, 0.1) is 0 Å². The van der Waals surface area contributed by atoms with Crippen molar-refractivity contribution in [2.45, 2.75) is 31.0 Å². The molecule has 0 amide bonds. The monoisotopic (exact) mass is 245 g/mol. The van der Waals surface area contributed by atoms with Crippen LogP contribution >= 0.6 is 0 Å². The van der Waals surface area contributed by atoms with Crippen molar-refractivity contribution in [1.29, 1.82) is 0 Å². The van der Waals surface area contributed by atoms with Crippen LogP contribution in [-0.4, -0.2) is 43.4 Å². The molecule has 1 aromatic heterocycles. The van der Waals surface area contributed by atoms with Gasteiger partial charge in [0.25, 0.3) is 0 Å². The third-order valence-electron chi connectivity index (χ3n) is 4.14. The number of ether oxygens (including phenoxy) is 1. The molecule has 1 aliphatic carbocycles. The molecule has 4 heteroatoms. The summed E-state index contributed by atoms with van der Waals surface area (Å²) in [6.07, 6.45) is 7.38. The van der Waals surface area contributed by atoms with Crippen molar-refractivity contribution < 1.29 is 4.74 Å². The smallest absolute Gasteiger partial charge is 0.0879 e. The summed E-state index contributed by atoms with van der Waals surface area (Å²) in [6.45, 7) is 3.92. The van der Waals surface area contributed by atoms with Gasteiger partial charge in [0, 0.05) is 32.4 Å². The number of fused-ring (bicyclic) bond motifs is 2. The Labute approximate surface area is 107 Å². The second-order valence-electron chi connectivity index (χ2n) is 5.69. The summed E-state index contributed by atoms with van der Waals surface area (Å²) in [7, 11) is 0. The zero-order valence-corrected chi connectivity index (χ0v) is 10.5. The van der Waals surface area contributed by atoms with Gasteiger partial charge in [-0.1, -0.05) is 0 Å². The highest BCUT2D eigenvalue weighted by Crippen LogP contribution is 2.40. The maximum atomic E-state index is 5.94. The minimum absolute atomic E-state index is 0.335. The van der Waals surface area contributed by atoms with Crippen LogP contribution in [0.5, 0.6) is 0 Å². The first-order valence-corrected chi connectivity index (χ1v) is 6.94. The van der Waals surface area contributed by atoms with Crippen LogP contribution in [0.2, 0.25) is 0 Å². The van der Waals surface area contributed by atoms with Gasteiger partial charge in [0.1, 0.15) is 0 Å². The molecule has 2 saturated heterocycles. The molecule has 2 atom stereocenters. The molecule has 1 N–H and O–H groups in total. The van der Waals surface area contributed by atoms with Gasteiger partial charge in [-0.15, -0.1) is 0 Å². The van der Waals surface area contributed by atoms with Crippen molar-refractivity contribution in [2.75, 3.05) is 31.1 Å². The van der Waals surface area contributed by atoms with Crippen molar-refractivity contribution in [3.05, 3.63) is 24.0 Å². The average molecular weight is 245 g/mol. The number of hydrogen-bond donors (Lipinski definition) is 1. The zero-order chi connectivity index (χ0) is 11.9. The van der Waals surface area contributed by atoms with E-state index in [2.05, 4.69) is 21.3 Å². The van der Waals surface area contributed by atoms with E-state index >= 15 is 0 Å². The molecule has 2 aliphatic heterocycles. The van der Waals surface area contributed by atoms with Crippen LogP contribution in [0.4, 0.5) is 5.69 Å². The minimum Gasteiger partial charge on any atom is -0.369 e. The Kier molecular flexibility index (Phi) is 2.52. The number of anilines is 1. The molecular formula is C14H19N3O. The highest BCUT2D eigenvalue weighted by Gasteiger charge is 2.32. The maximum Gasteiger partial charge on any atom is 0.0879 e. The van der Waals surface area contributed by atoms with Gasteiger partial charge in [-0.2, -0.15) is 0 Å². The summed E-state index contributed by atoms with van der Waals surface area (Å²) >= 11 is 0. The lowest BCUT2D eigenvalue weighted by Crippen LogP contribution is -2.58. The molecule has 1 aromatic rings. The van der Waals surface area contributed by atoms with Gasteiger partial charge in [0.2, 0.25) is 0 Å². The lowest BCUT2D eigenvalue weighted by Gasteiger charge is -2.42. The number of nitrogens with zero attached hydrogens (tertiary/aromatic N) is 2. The Morgan fingerprint density at radius 1 is 1.17 bits per heavy atom. The molecule has 96 valence electrons. The van der Waals surface area contributed by atoms with Crippen molar-refractivity contribution in [2.24, 2.45) is 0 Å². The molecule has 0 aromatic carbocycles. The predicted molar refractivity (Wildman–Crippen MR) is 70.0 cm³/mol. The molecule has 4 nitrogen and oxygen atoms in total. The van der Waals surface area contributed by atoms with Crippen LogP contribution in [0.1, 0.15) is 24.3 Å². The Bertz CT molecular complexity index is 434. The lowest BCUT2D eigenvalue weighted by atomic mass is 10.1. The minimum atomic E-state index is 0.335. The van der Waals surface area contributed by atoms with Crippen molar-refractivity contribution in [3.8, 4) is 0 Å².